The number of rotatable bonds is 4. The van der Waals surface area contributed by atoms with Crippen LogP contribution in [0.4, 0.5) is 8.78 Å². The van der Waals surface area contributed by atoms with E-state index in [9.17, 15) is 13.6 Å². The second-order valence-corrected chi connectivity index (χ2v) is 5.93. The third kappa shape index (κ3) is 4.13. The number of hydrogen-bond acceptors (Lipinski definition) is 5. The molecule has 0 saturated carbocycles. The van der Waals surface area contributed by atoms with E-state index in [1.807, 2.05) is 30.3 Å². The molecule has 1 unspecified atom stereocenters. The van der Waals surface area contributed by atoms with Gasteiger partial charge in [-0.1, -0.05) is 36.4 Å². The lowest BCUT2D eigenvalue weighted by atomic mass is 9.96. The zero-order valence-corrected chi connectivity index (χ0v) is 14.8. The first-order valence-electron chi connectivity index (χ1n) is 8.25. The van der Waals surface area contributed by atoms with Gasteiger partial charge < -0.3 is 14.8 Å². The highest BCUT2D eigenvalue weighted by Gasteiger charge is 2.31. The van der Waals surface area contributed by atoms with Crippen LogP contribution in [-0.4, -0.2) is 19.1 Å². The summed E-state index contributed by atoms with van der Waals surface area (Å²) < 4.78 is 37.5. The summed E-state index contributed by atoms with van der Waals surface area (Å²) in [4.78, 5) is 16.9. The van der Waals surface area contributed by atoms with Crippen LogP contribution < -0.4 is 5.32 Å². The second kappa shape index (κ2) is 7.99. The number of carbonyl (C=O) groups is 1. The molecule has 3 rings (SSSR count). The van der Waals surface area contributed by atoms with E-state index in [0.717, 1.165) is 17.7 Å². The Balaban J connectivity index is 1.90. The van der Waals surface area contributed by atoms with Crippen LogP contribution in [0.1, 0.15) is 24.1 Å². The molecule has 0 aromatic heterocycles. The lowest BCUT2D eigenvalue weighted by Gasteiger charge is -2.27. The Bertz CT molecular complexity index is 911. The lowest BCUT2D eigenvalue weighted by Crippen LogP contribution is -2.37. The SMILES string of the molecule is COC1=NC(C)=C(C(=O)OCc2ccccc2)C(c2ccc(F)c(F)c2)N1. The molecule has 0 radical (unpaired) electrons. The minimum Gasteiger partial charge on any atom is -0.468 e. The van der Waals surface area contributed by atoms with E-state index in [4.69, 9.17) is 9.47 Å². The van der Waals surface area contributed by atoms with E-state index in [2.05, 4.69) is 10.3 Å². The largest absolute Gasteiger partial charge is 0.468 e. The maximum absolute atomic E-state index is 13.7. The molecule has 0 saturated heterocycles. The van der Waals surface area contributed by atoms with Crippen LogP contribution in [0, 0.1) is 11.6 Å². The average Bonchev–Trinajstić information content (AvgIpc) is 2.68. The smallest absolute Gasteiger partial charge is 0.338 e. The first-order valence-corrected chi connectivity index (χ1v) is 8.25. The Hall–Kier alpha value is -3.22. The third-order valence-electron chi connectivity index (χ3n) is 4.12. The van der Waals surface area contributed by atoms with Crippen LogP contribution in [0.5, 0.6) is 0 Å². The predicted molar refractivity (Wildman–Crippen MR) is 95.6 cm³/mol. The van der Waals surface area contributed by atoms with Crippen molar-refractivity contribution in [3.05, 3.63) is 82.6 Å². The maximum atomic E-state index is 13.7. The van der Waals surface area contributed by atoms with Gasteiger partial charge >= 0.3 is 5.97 Å². The van der Waals surface area contributed by atoms with E-state index in [1.165, 1.54) is 13.2 Å². The van der Waals surface area contributed by atoms with Gasteiger partial charge in [-0.2, -0.15) is 0 Å². The van der Waals surface area contributed by atoms with E-state index < -0.39 is 23.6 Å². The van der Waals surface area contributed by atoms with Crippen molar-refractivity contribution in [2.75, 3.05) is 7.11 Å². The quantitative estimate of drug-likeness (QED) is 0.833. The molecule has 5 nitrogen and oxygen atoms in total. The van der Waals surface area contributed by atoms with E-state index in [-0.39, 0.29) is 18.2 Å². The van der Waals surface area contributed by atoms with Crippen molar-refractivity contribution in [3.63, 3.8) is 0 Å². The van der Waals surface area contributed by atoms with E-state index in [0.29, 0.717) is 11.3 Å². The first kappa shape index (κ1) is 18.6. The first-order chi connectivity index (χ1) is 13.0. The number of aliphatic imine (C=N–C) groups is 1. The summed E-state index contributed by atoms with van der Waals surface area (Å²) in [7, 11) is 1.42. The summed E-state index contributed by atoms with van der Waals surface area (Å²) in [5.74, 6) is -2.58. The summed E-state index contributed by atoms with van der Waals surface area (Å²) in [5, 5.41) is 2.91. The Morgan fingerprint density at radius 1 is 1.15 bits per heavy atom. The zero-order chi connectivity index (χ0) is 19.4. The predicted octanol–water partition coefficient (Wildman–Crippen LogP) is 3.63. The van der Waals surface area contributed by atoms with Gasteiger partial charge in [-0.3, -0.25) is 0 Å². The van der Waals surface area contributed by atoms with Crippen molar-refractivity contribution >= 4 is 12.0 Å². The molecule has 0 spiro atoms. The number of amidine groups is 1. The Morgan fingerprint density at radius 3 is 2.56 bits per heavy atom. The van der Waals surface area contributed by atoms with Crippen molar-refractivity contribution in [3.8, 4) is 0 Å². The highest BCUT2D eigenvalue weighted by molar-refractivity contribution is 5.94. The molecule has 0 amide bonds. The van der Waals surface area contributed by atoms with Crippen LogP contribution in [-0.2, 0) is 20.9 Å². The number of methoxy groups -OCH3 is 1. The van der Waals surface area contributed by atoms with Crippen molar-refractivity contribution in [2.24, 2.45) is 4.99 Å². The summed E-state index contributed by atoms with van der Waals surface area (Å²) in [6.45, 7) is 1.72. The Kier molecular flexibility index (Phi) is 5.49. The molecule has 2 aromatic rings. The molecule has 1 N–H and O–H groups in total. The minimum atomic E-state index is -1.01. The summed E-state index contributed by atoms with van der Waals surface area (Å²) >= 11 is 0. The fourth-order valence-electron chi connectivity index (χ4n) is 2.76. The highest BCUT2D eigenvalue weighted by atomic mass is 19.2. The number of allylic oxidation sites excluding steroid dienone is 1. The molecular weight excluding hydrogens is 354 g/mol. The van der Waals surface area contributed by atoms with Gasteiger partial charge in [-0.05, 0) is 30.2 Å². The molecule has 1 heterocycles. The number of carbonyl (C=O) groups excluding carboxylic acids is 1. The van der Waals surface area contributed by atoms with Gasteiger partial charge in [-0.25, -0.2) is 18.6 Å². The Labute approximate surface area is 155 Å². The molecule has 140 valence electrons. The summed E-state index contributed by atoms with van der Waals surface area (Å²) in [6.07, 6.45) is 0. The van der Waals surface area contributed by atoms with Gasteiger partial charge in [0.2, 0.25) is 0 Å². The van der Waals surface area contributed by atoms with Gasteiger partial charge in [0.25, 0.3) is 6.02 Å². The number of nitrogens with zero attached hydrogens (tertiary/aromatic N) is 1. The van der Waals surface area contributed by atoms with Crippen LogP contribution in [0.3, 0.4) is 0 Å². The fraction of sp³-hybridized carbons (Fsp3) is 0.200. The zero-order valence-electron chi connectivity index (χ0n) is 14.8. The molecule has 0 fully saturated rings. The third-order valence-corrected chi connectivity index (χ3v) is 4.12. The molecule has 7 heteroatoms. The van der Waals surface area contributed by atoms with Crippen molar-refractivity contribution in [2.45, 2.75) is 19.6 Å². The van der Waals surface area contributed by atoms with Crippen molar-refractivity contribution in [1.82, 2.24) is 5.32 Å². The average molecular weight is 372 g/mol. The van der Waals surface area contributed by atoms with Crippen LogP contribution in [0.2, 0.25) is 0 Å². The van der Waals surface area contributed by atoms with Gasteiger partial charge in [0.1, 0.15) is 6.61 Å². The van der Waals surface area contributed by atoms with E-state index >= 15 is 0 Å². The van der Waals surface area contributed by atoms with Crippen LogP contribution >= 0.6 is 0 Å². The highest BCUT2D eigenvalue weighted by Crippen LogP contribution is 2.30. The standard InChI is InChI=1S/C20H18F2N2O3/c1-12-17(19(25)27-11-13-6-4-3-5-7-13)18(24-20(23-12)26-2)14-8-9-15(21)16(22)10-14/h3-10,18H,11H2,1-2H3,(H,23,24). The molecule has 27 heavy (non-hydrogen) atoms. The van der Waals surface area contributed by atoms with Crippen LogP contribution in [0.15, 0.2) is 64.8 Å². The van der Waals surface area contributed by atoms with Crippen LogP contribution in [0.25, 0.3) is 0 Å². The number of hydrogen-bond donors (Lipinski definition) is 1. The van der Waals surface area contributed by atoms with Gasteiger partial charge in [0.05, 0.1) is 24.4 Å². The maximum Gasteiger partial charge on any atom is 0.338 e. The summed E-state index contributed by atoms with van der Waals surface area (Å²) in [5.41, 5.74) is 1.76. The topological polar surface area (TPSA) is 59.9 Å². The summed E-state index contributed by atoms with van der Waals surface area (Å²) in [6, 6.07) is 12.0. The van der Waals surface area contributed by atoms with E-state index in [1.54, 1.807) is 6.92 Å². The van der Waals surface area contributed by atoms with Crippen molar-refractivity contribution in [1.29, 1.82) is 0 Å². The molecule has 0 aliphatic carbocycles. The normalized spacial score (nSPS) is 16.4. The monoisotopic (exact) mass is 372 g/mol. The molecule has 2 aromatic carbocycles. The number of ether oxygens (including phenoxy) is 2. The van der Waals surface area contributed by atoms with Gasteiger partial charge in [0, 0.05) is 0 Å². The number of benzene rings is 2. The number of halogens is 2. The minimum absolute atomic E-state index is 0.0851. The molecule has 0 bridgehead atoms. The lowest BCUT2D eigenvalue weighted by molar-refractivity contribution is -0.140. The fourth-order valence-corrected chi connectivity index (χ4v) is 2.76. The number of nitrogens with one attached hydrogen (secondary N) is 1. The van der Waals surface area contributed by atoms with Gasteiger partial charge in [0.15, 0.2) is 11.6 Å². The molecular formula is C20H18F2N2O3. The van der Waals surface area contributed by atoms with Crippen molar-refractivity contribution < 1.29 is 23.0 Å². The molecule has 1 aliphatic heterocycles. The number of esters is 1. The molecule has 1 atom stereocenters. The Morgan fingerprint density at radius 2 is 1.89 bits per heavy atom. The van der Waals surface area contributed by atoms with Gasteiger partial charge in [-0.15, -0.1) is 0 Å². The molecule has 1 aliphatic rings. The second-order valence-electron chi connectivity index (χ2n) is 5.93.